The van der Waals surface area contributed by atoms with Gasteiger partial charge in [0.25, 0.3) is 5.91 Å². The molecule has 1 fully saturated rings. The summed E-state index contributed by atoms with van der Waals surface area (Å²) >= 11 is 1.80. The number of carbonyl (C=O) groups excluding carboxylic acids is 1. The van der Waals surface area contributed by atoms with Crippen molar-refractivity contribution in [2.75, 3.05) is 13.1 Å². The summed E-state index contributed by atoms with van der Waals surface area (Å²) in [4.78, 5) is 16.3. The lowest BCUT2D eigenvalue weighted by Gasteiger charge is -2.31. The van der Waals surface area contributed by atoms with Gasteiger partial charge in [-0.25, -0.2) is 0 Å². The fraction of sp³-hybridized carbons (Fsp3) is 0.368. The van der Waals surface area contributed by atoms with Gasteiger partial charge in [-0.3, -0.25) is 14.8 Å². The van der Waals surface area contributed by atoms with Crippen LogP contribution in [0, 0.1) is 6.92 Å². The molecule has 1 amide bonds. The molecule has 1 saturated heterocycles. The van der Waals surface area contributed by atoms with E-state index in [1.165, 1.54) is 4.88 Å². The van der Waals surface area contributed by atoms with Crippen LogP contribution in [0.2, 0.25) is 0 Å². The van der Waals surface area contributed by atoms with Gasteiger partial charge >= 0.3 is 0 Å². The number of nitrogens with one attached hydrogen (secondary N) is 2. The molecule has 136 valence electrons. The van der Waals surface area contributed by atoms with E-state index in [2.05, 4.69) is 37.9 Å². The Morgan fingerprint density at radius 2 is 2.23 bits per heavy atom. The van der Waals surface area contributed by atoms with Crippen LogP contribution in [0.5, 0.6) is 0 Å². The van der Waals surface area contributed by atoms with E-state index in [4.69, 9.17) is 4.42 Å². The third-order valence-electron chi connectivity index (χ3n) is 4.70. The van der Waals surface area contributed by atoms with Crippen molar-refractivity contribution in [1.82, 2.24) is 20.4 Å². The average molecular weight is 370 g/mol. The summed E-state index contributed by atoms with van der Waals surface area (Å²) in [6.45, 7) is 4.89. The van der Waals surface area contributed by atoms with E-state index < -0.39 is 0 Å². The second-order valence-corrected chi connectivity index (χ2v) is 7.71. The van der Waals surface area contributed by atoms with E-state index in [9.17, 15) is 4.79 Å². The van der Waals surface area contributed by atoms with E-state index in [0.29, 0.717) is 17.1 Å². The molecule has 0 aliphatic carbocycles. The van der Waals surface area contributed by atoms with Crippen LogP contribution < -0.4 is 5.32 Å². The number of piperidine rings is 1. The van der Waals surface area contributed by atoms with Crippen LogP contribution in [-0.2, 0) is 6.54 Å². The van der Waals surface area contributed by atoms with E-state index in [1.54, 1.807) is 17.4 Å². The van der Waals surface area contributed by atoms with Crippen molar-refractivity contribution >= 4 is 17.2 Å². The minimum atomic E-state index is -0.132. The maximum absolute atomic E-state index is 12.5. The first-order chi connectivity index (χ1) is 12.7. The first-order valence-corrected chi connectivity index (χ1v) is 9.73. The summed E-state index contributed by atoms with van der Waals surface area (Å²) in [5, 5.41) is 12.2. The predicted octanol–water partition coefficient (Wildman–Crippen LogP) is 3.43. The number of hydrogen-bond donors (Lipinski definition) is 2. The van der Waals surface area contributed by atoms with Gasteiger partial charge in [-0.1, -0.05) is 6.07 Å². The molecule has 2 N–H and O–H groups in total. The van der Waals surface area contributed by atoms with Crippen LogP contribution in [0.3, 0.4) is 0 Å². The molecule has 6 nitrogen and oxygen atoms in total. The Hall–Kier alpha value is -2.38. The zero-order valence-corrected chi connectivity index (χ0v) is 15.5. The highest BCUT2D eigenvalue weighted by Crippen LogP contribution is 2.21. The van der Waals surface area contributed by atoms with Crippen LogP contribution in [0.25, 0.3) is 11.5 Å². The lowest BCUT2D eigenvalue weighted by Crippen LogP contribution is -2.44. The minimum absolute atomic E-state index is 0.132. The van der Waals surface area contributed by atoms with Gasteiger partial charge in [-0.15, -0.1) is 11.3 Å². The molecule has 26 heavy (non-hydrogen) atoms. The Balaban J connectivity index is 1.29. The summed E-state index contributed by atoms with van der Waals surface area (Å²) in [5.74, 6) is 1.39. The van der Waals surface area contributed by atoms with Gasteiger partial charge in [0.15, 0.2) is 11.5 Å². The highest BCUT2D eigenvalue weighted by atomic mass is 32.1. The van der Waals surface area contributed by atoms with Crippen molar-refractivity contribution in [3.8, 4) is 11.5 Å². The second-order valence-electron chi connectivity index (χ2n) is 6.68. The third kappa shape index (κ3) is 3.89. The van der Waals surface area contributed by atoms with E-state index in [1.807, 2.05) is 19.1 Å². The molecule has 0 bridgehead atoms. The zero-order chi connectivity index (χ0) is 17.9. The van der Waals surface area contributed by atoms with Gasteiger partial charge in [0, 0.05) is 36.6 Å². The number of likely N-dealkylation sites (tertiary alicyclic amines) is 1. The summed E-state index contributed by atoms with van der Waals surface area (Å²) in [6, 6.07) is 9.96. The number of H-pyrrole nitrogens is 1. The lowest BCUT2D eigenvalue weighted by atomic mass is 10.0. The summed E-state index contributed by atoms with van der Waals surface area (Å²) in [6.07, 6.45) is 1.93. The van der Waals surface area contributed by atoms with Crippen LogP contribution in [0.4, 0.5) is 0 Å². The quantitative estimate of drug-likeness (QED) is 0.722. The number of amides is 1. The summed E-state index contributed by atoms with van der Waals surface area (Å²) in [7, 11) is 0. The first-order valence-electron chi connectivity index (χ1n) is 8.85. The molecule has 4 rings (SSSR count). The molecule has 0 spiro atoms. The van der Waals surface area contributed by atoms with E-state index in [0.717, 1.165) is 38.2 Å². The Bertz CT molecular complexity index is 860. The highest BCUT2D eigenvalue weighted by molar-refractivity contribution is 7.09. The van der Waals surface area contributed by atoms with Crippen LogP contribution in [-0.4, -0.2) is 40.1 Å². The van der Waals surface area contributed by atoms with E-state index >= 15 is 0 Å². The molecule has 0 aromatic carbocycles. The van der Waals surface area contributed by atoms with Gasteiger partial charge in [0.1, 0.15) is 11.5 Å². The average Bonchev–Trinajstić information content (AvgIpc) is 3.37. The number of furan rings is 1. The maximum Gasteiger partial charge on any atom is 0.272 e. The normalized spacial score (nSPS) is 16.0. The van der Waals surface area contributed by atoms with Gasteiger partial charge in [0.05, 0.1) is 0 Å². The smallest absolute Gasteiger partial charge is 0.272 e. The Kier molecular flexibility index (Phi) is 4.90. The molecule has 3 aromatic rings. The molecule has 0 atom stereocenters. The Morgan fingerprint density at radius 3 is 2.92 bits per heavy atom. The van der Waals surface area contributed by atoms with Gasteiger partial charge in [-0.2, -0.15) is 5.10 Å². The molecule has 3 aromatic heterocycles. The molecule has 0 radical (unpaired) electrons. The van der Waals surface area contributed by atoms with Gasteiger partial charge < -0.3 is 9.73 Å². The molecule has 7 heteroatoms. The molecule has 4 heterocycles. The fourth-order valence-corrected chi connectivity index (χ4v) is 4.01. The largest absolute Gasteiger partial charge is 0.460 e. The number of hydrogen-bond acceptors (Lipinski definition) is 5. The predicted molar refractivity (Wildman–Crippen MR) is 101 cm³/mol. The van der Waals surface area contributed by atoms with Crippen molar-refractivity contribution in [2.24, 2.45) is 0 Å². The van der Waals surface area contributed by atoms with E-state index in [-0.39, 0.29) is 11.9 Å². The van der Waals surface area contributed by atoms with Gasteiger partial charge in [0.2, 0.25) is 0 Å². The van der Waals surface area contributed by atoms with Gasteiger partial charge in [-0.05, 0) is 43.3 Å². The SMILES string of the molecule is Cc1ccc(-c2cc(C(=O)NC3CCN(Cc4cccs4)CC3)n[nH]2)o1. The summed E-state index contributed by atoms with van der Waals surface area (Å²) < 4.78 is 5.56. The number of aryl methyl sites for hydroxylation is 1. The maximum atomic E-state index is 12.5. The minimum Gasteiger partial charge on any atom is -0.460 e. The summed E-state index contributed by atoms with van der Waals surface area (Å²) in [5.41, 5.74) is 1.11. The zero-order valence-electron chi connectivity index (χ0n) is 14.7. The van der Waals surface area contributed by atoms with Crippen molar-refractivity contribution in [3.63, 3.8) is 0 Å². The number of aromatic nitrogens is 2. The molecular weight excluding hydrogens is 348 g/mol. The topological polar surface area (TPSA) is 74.2 Å². The van der Waals surface area contributed by atoms with Crippen LogP contribution >= 0.6 is 11.3 Å². The number of aromatic amines is 1. The van der Waals surface area contributed by atoms with Crippen LogP contribution in [0.15, 0.2) is 40.1 Å². The molecule has 1 aliphatic heterocycles. The first kappa shape index (κ1) is 17.1. The molecule has 1 aliphatic rings. The van der Waals surface area contributed by atoms with Crippen molar-refractivity contribution in [2.45, 2.75) is 32.4 Å². The standard InChI is InChI=1S/C19H22N4O2S/c1-13-4-5-18(25-13)16-11-17(22-21-16)19(24)20-14-6-8-23(9-7-14)12-15-3-2-10-26-15/h2-5,10-11,14H,6-9,12H2,1H3,(H,20,24)(H,21,22). The monoisotopic (exact) mass is 370 g/mol. The third-order valence-corrected chi connectivity index (χ3v) is 5.56. The van der Waals surface area contributed by atoms with Crippen molar-refractivity contribution in [3.05, 3.63) is 52.0 Å². The molecular formula is C19H22N4O2S. The lowest BCUT2D eigenvalue weighted by molar-refractivity contribution is 0.0904. The highest BCUT2D eigenvalue weighted by Gasteiger charge is 2.22. The van der Waals surface area contributed by atoms with Crippen molar-refractivity contribution in [1.29, 1.82) is 0 Å². The second kappa shape index (κ2) is 7.47. The number of thiophene rings is 1. The molecule has 0 unspecified atom stereocenters. The number of rotatable bonds is 5. The Labute approximate surface area is 156 Å². The van der Waals surface area contributed by atoms with Crippen LogP contribution in [0.1, 0.15) is 34.0 Å². The number of carbonyl (C=O) groups is 1. The van der Waals surface area contributed by atoms with Crippen molar-refractivity contribution < 1.29 is 9.21 Å². The fourth-order valence-electron chi connectivity index (χ4n) is 3.26. The molecule has 0 saturated carbocycles. The Morgan fingerprint density at radius 1 is 1.38 bits per heavy atom. The number of nitrogens with zero attached hydrogens (tertiary/aromatic N) is 2.